The van der Waals surface area contributed by atoms with Gasteiger partial charge < -0.3 is 9.42 Å². The second-order valence-electron chi connectivity index (χ2n) is 6.66. The second kappa shape index (κ2) is 7.74. The van der Waals surface area contributed by atoms with Crippen molar-refractivity contribution in [3.8, 4) is 0 Å². The highest BCUT2D eigenvalue weighted by Gasteiger charge is 2.36. The Morgan fingerprint density at radius 2 is 2.15 bits per heavy atom. The van der Waals surface area contributed by atoms with Crippen LogP contribution in [-0.4, -0.2) is 59.8 Å². The molecular formula is C17H25N3O4S2. The summed E-state index contributed by atoms with van der Waals surface area (Å²) < 4.78 is 31.0. The highest BCUT2D eigenvalue weighted by atomic mass is 32.2. The molecule has 2 aliphatic rings. The maximum atomic E-state index is 13.1. The second-order valence-corrected chi connectivity index (χ2v) is 10.0. The van der Waals surface area contributed by atoms with E-state index in [9.17, 15) is 13.2 Å². The number of aryl methyl sites for hydroxylation is 2. The van der Waals surface area contributed by atoms with Crippen LogP contribution in [0.3, 0.4) is 0 Å². The summed E-state index contributed by atoms with van der Waals surface area (Å²) in [7, 11) is -3.25. The fourth-order valence-electron chi connectivity index (χ4n) is 3.39. The lowest BCUT2D eigenvalue weighted by atomic mass is 9.98. The SMILES string of the molecule is CCS(=O)(=O)N1CCC[C@H](C(=O)N2CCS/C2=C/c2c(C)noc2C)C1. The van der Waals surface area contributed by atoms with Crippen LogP contribution in [0.4, 0.5) is 0 Å². The highest BCUT2D eigenvalue weighted by Crippen LogP contribution is 2.34. The third-order valence-corrected chi connectivity index (χ3v) is 7.81. The molecule has 26 heavy (non-hydrogen) atoms. The van der Waals surface area contributed by atoms with Crippen LogP contribution >= 0.6 is 11.8 Å². The summed E-state index contributed by atoms with van der Waals surface area (Å²) in [5, 5.41) is 4.85. The van der Waals surface area contributed by atoms with Crippen LogP contribution in [0.25, 0.3) is 6.08 Å². The van der Waals surface area contributed by atoms with Gasteiger partial charge in [0.15, 0.2) is 0 Å². The molecule has 0 aliphatic carbocycles. The Labute approximate surface area is 158 Å². The summed E-state index contributed by atoms with van der Waals surface area (Å²) in [5.74, 6) is 1.38. The number of rotatable bonds is 4. The predicted octanol–water partition coefficient (Wildman–Crippen LogP) is 2.23. The van der Waals surface area contributed by atoms with Gasteiger partial charge >= 0.3 is 0 Å². The van der Waals surface area contributed by atoms with Crippen molar-refractivity contribution in [3.63, 3.8) is 0 Å². The summed E-state index contributed by atoms with van der Waals surface area (Å²) in [6.45, 7) is 6.82. The molecule has 2 aliphatic heterocycles. The van der Waals surface area contributed by atoms with Crippen molar-refractivity contribution in [2.75, 3.05) is 31.1 Å². The lowest BCUT2D eigenvalue weighted by Crippen LogP contribution is -2.46. The predicted molar refractivity (Wildman–Crippen MR) is 102 cm³/mol. The minimum atomic E-state index is -3.25. The first-order chi connectivity index (χ1) is 12.3. The normalized spacial score (nSPS) is 23.7. The summed E-state index contributed by atoms with van der Waals surface area (Å²) >= 11 is 1.63. The number of sulfonamides is 1. The molecule has 0 spiro atoms. The molecule has 1 atom stereocenters. The van der Waals surface area contributed by atoms with E-state index in [1.807, 2.05) is 19.9 Å². The van der Waals surface area contributed by atoms with E-state index in [2.05, 4.69) is 5.16 Å². The number of amides is 1. The Morgan fingerprint density at radius 3 is 2.81 bits per heavy atom. The molecule has 0 saturated carbocycles. The van der Waals surface area contributed by atoms with Crippen molar-refractivity contribution in [1.82, 2.24) is 14.4 Å². The van der Waals surface area contributed by atoms with Gasteiger partial charge in [0.2, 0.25) is 15.9 Å². The monoisotopic (exact) mass is 399 g/mol. The molecule has 0 N–H and O–H groups in total. The molecule has 9 heteroatoms. The molecule has 0 bridgehead atoms. The van der Waals surface area contributed by atoms with Gasteiger partial charge in [-0.15, -0.1) is 11.8 Å². The number of aromatic nitrogens is 1. The highest BCUT2D eigenvalue weighted by molar-refractivity contribution is 8.03. The standard InChI is InChI=1S/C17H25N3O4S2/c1-4-26(22,23)19-7-5-6-14(11-19)17(21)20-8-9-25-16(20)10-15-12(2)18-24-13(15)3/h10,14H,4-9,11H2,1-3H3/b16-10+/t14-/m0/s1. The topological polar surface area (TPSA) is 83.7 Å². The Kier molecular flexibility index (Phi) is 5.78. The number of piperidine rings is 1. The zero-order valence-corrected chi connectivity index (χ0v) is 17.0. The first-order valence-electron chi connectivity index (χ1n) is 8.90. The molecule has 3 rings (SSSR count). The number of nitrogens with zero attached hydrogens (tertiary/aromatic N) is 3. The van der Waals surface area contributed by atoms with Crippen LogP contribution in [0.15, 0.2) is 9.55 Å². The quantitative estimate of drug-likeness (QED) is 0.772. The van der Waals surface area contributed by atoms with Gasteiger partial charge in [0.25, 0.3) is 0 Å². The minimum Gasteiger partial charge on any atom is -0.361 e. The van der Waals surface area contributed by atoms with E-state index in [-0.39, 0.29) is 24.1 Å². The van der Waals surface area contributed by atoms with Crippen molar-refractivity contribution in [1.29, 1.82) is 0 Å². The van der Waals surface area contributed by atoms with E-state index in [0.29, 0.717) is 13.1 Å². The maximum absolute atomic E-state index is 13.1. The van der Waals surface area contributed by atoms with Gasteiger partial charge in [0, 0.05) is 31.0 Å². The summed E-state index contributed by atoms with van der Waals surface area (Å²) in [6, 6.07) is 0. The maximum Gasteiger partial charge on any atom is 0.231 e. The first kappa shape index (κ1) is 19.4. The van der Waals surface area contributed by atoms with Crippen molar-refractivity contribution < 1.29 is 17.7 Å². The molecule has 0 unspecified atom stereocenters. The van der Waals surface area contributed by atoms with Crippen molar-refractivity contribution in [3.05, 3.63) is 22.0 Å². The lowest BCUT2D eigenvalue weighted by molar-refractivity contribution is -0.133. The third kappa shape index (κ3) is 3.84. The van der Waals surface area contributed by atoms with Crippen LogP contribution in [0, 0.1) is 19.8 Å². The fraction of sp³-hybridized carbons (Fsp3) is 0.647. The minimum absolute atomic E-state index is 0.0176. The van der Waals surface area contributed by atoms with Gasteiger partial charge in [-0.25, -0.2) is 12.7 Å². The van der Waals surface area contributed by atoms with Gasteiger partial charge in [-0.1, -0.05) is 5.16 Å². The average Bonchev–Trinajstić information content (AvgIpc) is 3.23. The first-order valence-corrected chi connectivity index (χ1v) is 11.5. The van der Waals surface area contributed by atoms with E-state index in [4.69, 9.17) is 4.52 Å². The van der Waals surface area contributed by atoms with E-state index < -0.39 is 10.0 Å². The smallest absolute Gasteiger partial charge is 0.231 e. The largest absolute Gasteiger partial charge is 0.361 e. The van der Waals surface area contributed by atoms with Crippen molar-refractivity contribution in [2.24, 2.45) is 5.92 Å². The van der Waals surface area contributed by atoms with Gasteiger partial charge in [-0.3, -0.25) is 4.79 Å². The number of carbonyl (C=O) groups is 1. The van der Waals surface area contributed by atoms with Gasteiger partial charge in [0.1, 0.15) is 5.76 Å². The zero-order valence-electron chi connectivity index (χ0n) is 15.4. The molecule has 7 nitrogen and oxygen atoms in total. The van der Waals surface area contributed by atoms with E-state index in [1.54, 1.807) is 23.6 Å². The lowest BCUT2D eigenvalue weighted by Gasteiger charge is -2.33. The van der Waals surface area contributed by atoms with E-state index in [0.717, 1.165) is 40.6 Å². The number of hydrogen-bond donors (Lipinski definition) is 0. The Hall–Kier alpha value is -1.32. The Balaban J connectivity index is 1.78. The molecule has 2 saturated heterocycles. The molecule has 1 amide bonds. The van der Waals surface area contributed by atoms with Crippen LogP contribution in [0.2, 0.25) is 0 Å². The number of hydrogen-bond acceptors (Lipinski definition) is 6. The molecule has 0 aromatic carbocycles. The van der Waals surface area contributed by atoms with Gasteiger partial charge in [-0.05, 0) is 39.7 Å². The number of carbonyl (C=O) groups excluding carboxylic acids is 1. The summed E-state index contributed by atoms with van der Waals surface area (Å²) in [5.41, 5.74) is 1.71. The van der Waals surface area contributed by atoms with Crippen molar-refractivity contribution in [2.45, 2.75) is 33.6 Å². The molecule has 1 aromatic rings. The van der Waals surface area contributed by atoms with E-state index >= 15 is 0 Å². The molecule has 1 aromatic heterocycles. The Morgan fingerprint density at radius 1 is 1.38 bits per heavy atom. The molecule has 3 heterocycles. The molecule has 144 valence electrons. The Bertz CT molecular complexity index is 796. The number of thioether (sulfide) groups is 1. The van der Waals surface area contributed by atoms with Crippen LogP contribution in [0.5, 0.6) is 0 Å². The summed E-state index contributed by atoms with van der Waals surface area (Å²) in [6.07, 6.45) is 3.41. The zero-order chi connectivity index (χ0) is 18.9. The summed E-state index contributed by atoms with van der Waals surface area (Å²) in [4.78, 5) is 14.9. The van der Waals surface area contributed by atoms with Gasteiger partial charge in [0.05, 0.1) is 22.4 Å². The fourth-order valence-corrected chi connectivity index (χ4v) is 5.59. The average molecular weight is 400 g/mol. The molecule has 0 radical (unpaired) electrons. The van der Waals surface area contributed by atoms with Crippen LogP contribution in [0.1, 0.15) is 36.8 Å². The third-order valence-electron chi connectivity index (χ3n) is 4.94. The van der Waals surface area contributed by atoms with E-state index in [1.165, 1.54) is 4.31 Å². The molecule has 2 fully saturated rings. The van der Waals surface area contributed by atoms with Crippen molar-refractivity contribution >= 4 is 33.8 Å². The van der Waals surface area contributed by atoms with Gasteiger partial charge in [-0.2, -0.15) is 0 Å². The van der Waals surface area contributed by atoms with Crippen LogP contribution in [-0.2, 0) is 14.8 Å². The molecular weight excluding hydrogens is 374 g/mol. The van der Waals surface area contributed by atoms with Crippen LogP contribution < -0.4 is 0 Å².